The Morgan fingerprint density at radius 1 is 1.26 bits per heavy atom. The van der Waals surface area contributed by atoms with Crippen molar-refractivity contribution in [2.75, 3.05) is 11.9 Å². The van der Waals surface area contributed by atoms with Gasteiger partial charge in [0.2, 0.25) is 0 Å². The molecule has 1 fully saturated rings. The molecule has 3 rings (SSSR count). The van der Waals surface area contributed by atoms with Crippen molar-refractivity contribution in [1.82, 2.24) is 0 Å². The minimum absolute atomic E-state index is 0.305. The van der Waals surface area contributed by atoms with E-state index in [0.29, 0.717) is 18.4 Å². The number of thiophene rings is 1. The van der Waals surface area contributed by atoms with E-state index in [1.807, 2.05) is 24.3 Å². The zero-order valence-electron chi connectivity index (χ0n) is 13.2. The van der Waals surface area contributed by atoms with Gasteiger partial charge in [-0.05, 0) is 25.3 Å². The summed E-state index contributed by atoms with van der Waals surface area (Å²) in [4.78, 5) is 12.8. The normalized spacial score (nSPS) is 14.7. The molecule has 1 aromatic heterocycles. The smallest absolute Gasteiger partial charge is 0.434 e. The van der Waals surface area contributed by atoms with E-state index in [1.54, 1.807) is 18.3 Å². The molecule has 23 heavy (non-hydrogen) atoms. The van der Waals surface area contributed by atoms with E-state index in [9.17, 15) is 4.79 Å². The summed E-state index contributed by atoms with van der Waals surface area (Å²) >= 11 is 1.62. The molecule has 0 aliphatic heterocycles. The third-order valence-corrected chi connectivity index (χ3v) is 5.00. The molecule has 1 saturated carbocycles. The third-order valence-electron chi connectivity index (χ3n) is 3.90. The zero-order valence-corrected chi connectivity index (χ0v) is 14.0. The summed E-state index contributed by atoms with van der Waals surface area (Å²) in [7, 11) is 0. The first kappa shape index (κ1) is 15.9. The Hall–Kier alpha value is -2.01. The van der Waals surface area contributed by atoms with Crippen LogP contribution in [0.3, 0.4) is 0 Å². The van der Waals surface area contributed by atoms with Crippen molar-refractivity contribution in [1.29, 1.82) is 0 Å². The van der Waals surface area contributed by atoms with E-state index in [1.165, 1.54) is 12.8 Å². The second kappa shape index (κ2) is 7.51. The number of benzene rings is 1. The van der Waals surface area contributed by atoms with Crippen LogP contribution in [0.1, 0.15) is 32.6 Å². The van der Waals surface area contributed by atoms with Crippen LogP contribution in [-0.2, 0) is 4.74 Å². The molecule has 0 amide bonds. The van der Waals surface area contributed by atoms with E-state index in [-0.39, 0.29) is 0 Å². The van der Waals surface area contributed by atoms with Crippen LogP contribution in [0, 0.1) is 0 Å². The topological polar surface area (TPSA) is 47.6 Å². The van der Waals surface area contributed by atoms with Crippen molar-refractivity contribution in [2.45, 2.75) is 38.6 Å². The van der Waals surface area contributed by atoms with Gasteiger partial charge in [-0.1, -0.05) is 43.2 Å². The van der Waals surface area contributed by atoms with E-state index in [0.717, 1.165) is 28.3 Å². The van der Waals surface area contributed by atoms with E-state index >= 15 is 0 Å². The molecule has 5 heteroatoms. The molecule has 122 valence electrons. The molecular weight excluding hydrogens is 310 g/mol. The van der Waals surface area contributed by atoms with Crippen LogP contribution >= 0.6 is 11.3 Å². The lowest BCUT2D eigenvalue weighted by molar-refractivity contribution is 0.104. The highest BCUT2D eigenvalue weighted by molar-refractivity contribution is 7.19. The Labute approximate surface area is 140 Å². The lowest BCUT2D eigenvalue weighted by Gasteiger charge is -2.13. The van der Waals surface area contributed by atoms with Crippen LogP contribution in [0.5, 0.6) is 5.75 Å². The van der Waals surface area contributed by atoms with Crippen LogP contribution in [0.2, 0.25) is 0 Å². The molecular formula is C18H21NO3S. The van der Waals surface area contributed by atoms with Crippen molar-refractivity contribution in [3.05, 3.63) is 36.4 Å². The van der Waals surface area contributed by atoms with Crippen molar-refractivity contribution in [2.24, 2.45) is 0 Å². The van der Waals surface area contributed by atoms with Gasteiger partial charge in [0.15, 0.2) is 5.75 Å². The Morgan fingerprint density at radius 2 is 2.00 bits per heavy atom. The standard InChI is InChI=1S/C18H21NO3S/c1-2-21-18(20)22-15-12-16(13-8-4-3-5-9-13)23-17(15)19-14-10-6-7-11-14/h3-5,8-9,12,14,19H,2,6-7,10-11H2,1H3. The third kappa shape index (κ3) is 4.05. The first-order valence-corrected chi connectivity index (χ1v) is 8.88. The van der Waals surface area contributed by atoms with Gasteiger partial charge in [0.05, 0.1) is 6.61 Å². The first-order chi connectivity index (χ1) is 11.3. The zero-order chi connectivity index (χ0) is 16.1. The van der Waals surface area contributed by atoms with Gasteiger partial charge in [-0.25, -0.2) is 4.79 Å². The van der Waals surface area contributed by atoms with Gasteiger partial charge in [0.1, 0.15) is 5.00 Å². The molecule has 0 radical (unpaired) electrons. The molecule has 0 spiro atoms. The Balaban J connectivity index is 1.84. The van der Waals surface area contributed by atoms with E-state index in [4.69, 9.17) is 9.47 Å². The van der Waals surface area contributed by atoms with Gasteiger partial charge in [-0.15, -0.1) is 11.3 Å². The fourth-order valence-corrected chi connectivity index (χ4v) is 3.85. The summed E-state index contributed by atoms with van der Waals surface area (Å²) in [5, 5.41) is 4.44. The summed E-state index contributed by atoms with van der Waals surface area (Å²) in [6.45, 7) is 2.07. The van der Waals surface area contributed by atoms with E-state index < -0.39 is 6.16 Å². The SMILES string of the molecule is CCOC(=O)Oc1cc(-c2ccccc2)sc1NC1CCCC1. The molecule has 1 aromatic carbocycles. The van der Waals surface area contributed by atoms with Gasteiger partial charge in [0.25, 0.3) is 0 Å². The molecule has 1 heterocycles. The van der Waals surface area contributed by atoms with Crippen molar-refractivity contribution in [3.63, 3.8) is 0 Å². The van der Waals surface area contributed by atoms with E-state index in [2.05, 4.69) is 17.4 Å². The number of nitrogens with one attached hydrogen (secondary N) is 1. The summed E-state index contributed by atoms with van der Waals surface area (Å²) in [5.74, 6) is 0.555. The minimum Gasteiger partial charge on any atom is -0.434 e. The second-order valence-corrected chi connectivity index (χ2v) is 6.63. The van der Waals surface area contributed by atoms with Gasteiger partial charge in [0, 0.05) is 17.0 Å². The molecule has 1 N–H and O–H groups in total. The van der Waals surface area contributed by atoms with Crippen molar-refractivity contribution < 1.29 is 14.3 Å². The summed E-state index contributed by atoms with van der Waals surface area (Å²) in [5.41, 5.74) is 1.12. The van der Waals surface area contributed by atoms with Gasteiger partial charge < -0.3 is 14.8 Å². The van der Waals surface area contributed by atoms with Gasteiger partial charge in [-0.2, -0.15) is 0 Å². The lowest BCUT2D eigenvalue weighted by Crippen LogP contribution is -2.15. The maximum Gasteiger partial charge on any atom is 0.513 e. The monoisotopic (exact) mass is 331 g/mol. The van der Waals surface area contributed by atoms with Crippen LogP contribution in [0.25, 0.3) is 10.4 Å². The summed E-state index contributed by atoms with van der Waals surface area (Å²) < 4.78 is 10.3. The first-order valence-electron chi connectivity index (χ1n) is 8.06. The number of hydrogen-bond acceptors (Lipinski definition) is 5. The number of rotatable bonds is 5. The molecule has 0 atom stereocenters. The maximum absolute atomic E-state index is 11.7. The second-order valence-electron chi connectivity index (χ2n) is 5.58. The van der Waals surface area contributed by atoms with Crippen molar-refractivity contribution in [3.8, 4) is 16.2 Å². The average Bonchev–Trinajstić information content (AvgIpc) is 3.20. The van der Waals surface area contributed by atoms with Crippen LogP contribution in [-0.4, -0.2) is 18.8 Å². The number of carbonyl (C=O) groups excluding carboxylic acids is 1. The molecule has 2 aromatic rings. The molecule has 1 aliphatic carbocycles. The highest BCUT2D eigenvalue weighted by Crippen LogP contribution is 2.42. The highest BCUT2D eigenvalue weighted by Gasteiger charge is 2.20. The molecule has 4 nitrogen and oxygen atoms in total. The Morgan fingerprint density at radius 3 is 2.70 bits per heavy atom. The predicted octanol–water partition coefficient (Wildman–Crippen LogP) is 5.30. The quantitative estimate of drug-likeness (QED) is 0.755. The van der Waals surface area contributed by atoms with Gasteiger partial charge in [-0.3, -0.25) is 0 Å². The Kier molecular flexibility index (Phi) is 5.18. The minimum atomic E-state index is -0.653. The lowest BCUT2D eigenvalue weighted by atomic mass is 10.2. The van der Waals surface area contributed by atoms with Crippen LogP contribution in [0.4, 0.5) is 9.80 Å². The molecule has 0 bridgehead atoms. The summed E-state index contributed by atoms with van der Waals surface area (Å²) in [6, 6.07) is 12.5. The molecule has 1 aliphatic rings. The highest BCUT2D eigenvalue weighted by atomic mass is 32.1. The number of carbonyl (C=O) groups is 1. The van der Waals surface area contributed by atoms with Crippen molar-refractivity contribution >= 4 is 22.5 Å². The maximum atomic E-state index is 11.7. The number of hydrogen-bond donors (Lipinski definition) is 1. The Bertz CT molecular complexity index is 648. The predicted molar refractivity (Wildman–Crippen MR) is 93.3 cm³/mol. The fourth-order valence-electron chi connectivity index (χ4n) is 2.79. The van der Waals surface area contributed by atoms with Crippen LogP contribution < -0.4 is 10.1 Å². The largest absolute Gasteiger partial charge is 0.513 e. The number of anilines is 1. The average molecular weight is 331 g/mol. The molecule has 0 saturated heterocycles. The number of ether oxygens (including phenoxy) is 2. The fraction of sp³-hybridized carbons (Fsp3) is 0.389. The van der Waals surface area contributed by atoms with Crippen LogP contribution in [0.15, 0.2) is 36.4 Å². The summed E-state index contributed by atoms with van der Waals surface area (Å²) in [6.07, 6.45) is 4.18. The molecule has 0 unspecified atom stereocenters. The van der Waals surface area contributed by atoms with Gasteiger partial charge >= 0.3 is 6.16 Å².